The van der Waals surface area contributed by atoms with Crippen molar-refractivity contribution in [3.8, 4) is 5.69 Å². The summed E-state index contributed by atoms with van der Waals surface area (Å²) in [5.41, 5.74) is 9.53. The highest BCUT2D eigenvalue weighted by atomic mass is 15.0. The van der Waals surface area contributed by atoms with E-state index >= 15 is 0 Å². The van der Waals surface area contributed by atoms with Crippen molar-refractivity contribution >= 4 is 43.6 Å². The second kappa shape index (κ2) is 6.08. The van der Waals surface area contributed by atoms with E-state index in [9.17, 15) is 0 Å². The normalized spacial score (nSPS) is 16.8. The highest BCUT2D eigenvalue weighted by Crippen LogP contribution is 2.50. The van der Waals surface area contributed by atoms with Crippen molar-refractivity contribution < 1.29 is 0 Å². The van der Waals surface area contributed by atoms with Crippen LogP contribution in [0.4, 0.5) is 0 Å². The fourth-order valence-corrected chi connectivity index (χ4v) is 6.71. The van der Waals surface area contributed by atoms with E-state index < -0.39 is 0 Å². The molecule has 2 heterocycles. The molecule has 7 rings (SSSR count). The molecule has 2 aromatic heterocycles. The molecule has 6 aromatic rings. The molecule has 1 aliphatic carbocycles. The second-order valence-corrected chi connectivity index (χ2v) is 11.1. The molecule has 0 saturated carbocycles. The molecule has 33 heavy (non-hydrogen) atoms. The third-order valence-corrected chi connectivity index (χ3v) is 7.90. The SMILES string of the molecule is CC1(C)CC(C)(C)c2cc(-n3c4ccccc4c4cc5c(cc43)[nH]c3ccccc35)ccc21. The highest BCUT2D eigenvalue weighted by molar-refractivity contribution is 6.18. The van der Waals surface area contributed by atoms with Crippen LogP contribution in [0.5, 0.6) is 0 Å². The van der Waals surface area contributed by atoms with Crippen LogP contribution in [0.25, 0.3) is 49.3 Å². The number of fused-ring (bicyclic) bond motifs is 7. The Morgan fingerprint density at radius 2 is 1.33 bits per heavy atom. The van der Waals surface area contributed by atoms with E-state index in [1.165, 1.54) is 66.8 Å². The number of aromatic nitrogens is 2. The van der Waals surface area contributed by atoms with Crippen molar-refractivity contribution in [3.05, 3.63) is 90.0 Å². The summed E-state index contributed by atoms with van der Waals surface area (Å²) in [5.74, 6) is 0. The Kier molecular flexibility index (Phi) is 3.50. The zero-order valence-electron chi connectivity index (χ0n) is 19.7. The van der Waals surface area contributed by atoms with Gasteiger partial charge in [-0.25, -0.2) is 0 Å². The fraction of sp³-hybridized carbons (Fsp3) is 0.226. The lowest BCUT2D eigenvalue weighted by Crippen LogP contribution is -2.18. The van der Waals surface area contributed by atoms with Crippen molar-refractivity contribution in [1.82, 2.24) is 9.55 Å². The Morgan fingerprint density at radius 1 is 0.606 bits per heavy atom. The van der Waals surface area contributed by atoms with E-state index in [2.05, 4.69) is 116 Å². The van der Waals surface area contributed by atoms with E-state index in [4.69, 9.17) is 0 Å². The smallest absolute Gasteiger partial charge is 0.0562 e. The molecular formula is C31H28N2. The zero-order valence-corrected chi connectivity index (χ0v) is 19.7. The topological polar surface area (TPSA) is 20.7 Å². The summed E-state index contributed by atoms with van der Waals surface area (Å²) >= 11 is 0. The molecule has 0 amide bonds. The largest absolute Gasteiger partial charge is 0.354 e. The predicted molar refractivity (Wildman–Crippen MR) is 141 cm³/mol. The van der Waals surface area contributed by atoms with Crippen LogP contribution in [0.3, 0.4) is 0 Å². The maximum Gasteiger partial charge on any atom is 0.0562 e. The Morgan fingerprint density at radius 3 is 2.18 bits per heavy atom. The summed E-state index contributed by atoms with van der Waals surface area (Å²) < 4.78 is 2.46. The summed E-state index contributed by atoms with van der Waals surface area (Å²) in [6.07, 6.45) is 1.18. The minimum Gasteiger partial charge on any atom is -0.354 e. The second-order valence-electron chi connectivity index (χ2n) is 11.1. The van der Waals surface area contributed by atoms with Gasteiger partial charge in [-0.15, -0.1) is 0 Å². The van der Waals surface area contributed by atoms with Crippen molar-refractivity contribution in [3.63, 3.8) is 0 Å². The van der Waals surface area contributed by atoms with Gasteiger partial charge in [-0.2, -0.15) is 0 Å². The molecule has 2 nitrogen and oxygen atoms in total. The van der Waals surface area contributed by atoms with Crippen molar-refractivity contribution in [2.45, 2.75) is 44.9 Å². The molecule has 1 aliphatic rings. The molecule has 0 spiro atoms. The van der Waals surface area contributed by atoms with E-state index in [1.54, 1.807) is 0 Å². The zero-order chi connectivity index (χ0) is 22.5. The monoisotopic (exact) mass is 428 g/mol. The summed E-state index contributed by atoms with van der Waals surface area (Å²) in [7, 11) is 0. The summed E-state index contributed by atoms with van der Waals surface area (Å²) in [5, 5.41) is 5.19. The number of nitrogens with one attached hydrogen (secondary N) is 1. The first-order chi connectivity index (χ1) is 15.8. The molecule has 0 radical (unpaired) electrons. The Balaban J connectivity index is 1.59. The summed E-state index contributed by atoms with van der Waals surface area (Å²) in [4.78, 5) is 3.65. The minimum atomic E-state index is 0.179. The Labute approximate surface area is 193 Å². The standard InChI is InChI=1S/C31H28N2/c1-30(2)18-31(3,4)25-15-19(13-14-24(25)30)33-28-12-8-6-10-21(28)23-16-22-20-9-5-7-11-26(20)32-27(22)17-29(23)33/h5-17,32H,18H2,1-4H3. The molecule has 0 aliphatic heterocycles. The van der Waals surface area contributed by atoms with Crippen LogP contribution in [-0.2, 0) is 10.8 Å². The molecule has 0 unspecified atom stereocenters. The Hall–Kier alpha value is -3.52. The van der Waals surface area contributed by atoms with Gasteiger partial charge in [0.1, 0.15) is 0 Å². The number of rotatable bonds is 1. The van der Waals surface area contributed by atoms with E-state index in [0.717, 1.165) is 0 Å². The molecule has 162 valence electrons. The van der Waals surface area contributed by atoms with Crippen LogP contribution in [0.15, 0.2) is 78.9 Å². The van der Waals surface area contributed by atoms with Crippen LogP contribution < -0.4 is 0 Å². The van der Waals surface area contributed by atoms with Gasteiger partial charge in [-0.3, -0.25) is 0 Å². The molecular weight excluding hydrogens is 400 g/mol. The van der Waals surface area contributed by atoms with Gasteiger partial charge in [0.25, 0.3) is 0 Å². The predicted octanol–water partition coefficient (Wildman–Crippen LogP) is 8.38. The van der Waals surface area contributed by atoms with Crippen molar-refractivity contribution in [1.29, 1.82) is 0 Å². The average molecular weight is 429 g/mol. The number of hydrogen-bond acceptors (Lipinski definition) is 0. The maximum absolute atomic E-state index is 3.65. The number of para-hydroxylation sites is 2. The lowest BCUT2D eigenvalue weighted by Gasteiger charge is -2.22. The lowest BCUT2D eigenvalue weighted by atomic mass is 9.82. The highest BCUT2D eigenvalue weighted by Gasteiger charge is 2.41. The third kappa shape index (κ3) is 2.49. The van der Waals surface area contributed by atoms with Crippen molar-refractivity contribution in [2.24, 2.45) is 0 Å². The van der Waals surface area contributed by atoms with Crippen molar-refractivity contribution in [2.75, 3.05) is 0 Å². The molecule has 1 N–H and O–H groups in total. The van der Waals surface area contributed by atoms with Gasteiger partial charge < -0.3 is 9.55 Å². The quantitative estimate of drug-likeness (QED) is 0.271. The van der Waals surface area contributed by atoms with Crippen LogP contribution >= 0.6 is 0 Å². The first-order valence-electron chi connectivity index (χ1n) is 11.9. The fourth-order valence-electron chi connectivity index (χ4n) is 6.71. The van der Waals surface area contributed by atoms with Gasteiger partial charge in [0, 0.05) is 38.3 Å². The Bertz CT molecular complexity index is 1740. The third-order valence-electron chi connectivity index (χ3n) is 7.90. The number of hydrogen-bond donors (Lipinski definition) is 1. The lowest BCUT2D eigenvalue weighted by molar-refractivity contribution is 0.403. The van der Waals surface area contributed by atoms with Gasteiger partial charge in [0.2, 0.25) is 0 Å². The van der Waals surface area contributed by atoms with Crippen LogP contribution in [0.2, 0.25) is 0 Å². The van der Waals surface area contributed by atoms with Crippen LogP contribution in [-0.4, -0.2) is 9.55 Å². The van der Waals surface area contributed by atoms with E-state index in [1.807, 2.05) is 0 Å². The number of H-pyrrole nitrogens is 1. The van der Waals surface area contributed by atoms with Gasteiger partial charge in [-0.05, 0) is 64.8 Å². The van der Waals surface area contributed by atoms with Crippen LogP contribution in [0, 0.1) is 0 Å². The van der Waals surface area contributed by atoms with E-state index in [0.29, 0.717) is 0 Å². The van der Waals surface area contributed by atoms with Gasteiger partial charge in [0.05, 0.1) is 11.0 Å². The summed E-state index contributed by atoms with van der Waals surface area (Å²) in [6, 6.07) is 29.3. The molecule has 0 saturated heterocycles. The number of benzene rings is 4. The molecule has 4 aromatic carbocycles. The first kappa shape index (κ1) is 19.0. The molecule has 0 fully saturated rings. The average Bonchev–Trinajstić information content (AvgIpc) is 3.37. The number of nitrogens with zero attached hydrogens (tertiary/aromatic N) is 1. The van der Waals surface area contributed by atoms with Crippen LogP contribution in [0.1, 0.15) is 45.2 Å². The van der Waals surface area contributed by atoms with Gasteiger partial charge in [0.15, 0.2) is 0 Å². The summed E-state index contributed by atoms with van der Waals surface area (Å²) in [6.45, 7) is 9.55. The molecule has 0 bridgehead atoms. The molecule has 2 heteroatoms. The molecule has 0 atom stereocenters. The minimum absolute atomic E-state index is 0.179. The van der Waals surface area contributed by atoms with E-state index in [-0.39, 0.29) is 10.8 Å². The first-order valence-corrected chi connectivity index (χ1v) is 11.9. The van der Waals surface area contributed by atoms with Gasteiger partial charge >= 0.3 is 0 Å². The number of aromatic amines is 1. The van der Waals surface area contributed by atoms with Gasteiger partial charge in [-0.1, -0.05) is 70.2 Å². The maximum atomic E-state index is 3.65.